The second-order valence-corrected chi connectivity index (χ2v) is 4.91. The Morgan fingerprint density at radius 2 is 1.43 bits per heavy atom. The van der Waals surface area contributed by atoms with Gasteiger partial charge >= 0.3 is 0 Å². The van der Waals surface area contributed by atoms with Crippen LogP contribution in [0.25, 0.3) is 11.0 Å². The van der Waals surface area contributed by atoms with Gasteiger partial charge in [0.25, 0.3) is 0 Å². The Morgan fingerprint density at radius 3 is 1.87 bits per heavy atom. The van der Waals surface area contributed by atoms with E-state index in [0.29, 0.717) is 5.92 Å². The van der Waals surface area contributed by atoms with E-state index in [1.807, 2.05) is 51.2 Å². The maximum atomic E-state index is 4.65. The van der Waals surface area contributed by atoms with Crippen LogP contribution in [0.3, 0.4) is 0 Å². The highest BCUT2D eigenvalue weighted by Crippen LogP contribution is 2.21. The van der Waals surface area contributed by atoms with Crippen LogP contribution in [-0.2, 0) is 0 Å². The molecule has 23 heavy (non-hydrogen) atoms. The molecule has 2 nitrogen and oxygen atoms in total. The Morgan fingerprint density at radius 1 is 1.00 bits per heavy atom. The molecule has 0 saturated heterocycles. The fourth-order valence-electron chi connectivity index (χ4n) is 1.88. The molecule has 0 amide bonds. The van der Waals surface area contributed by atoms with Crippen molar-refractivity contribution in [2.45, 2.75) is 73.6 Å². The minimum Gasteiger partial charge on any atom is -0.253 e. The largest absolute Gasteiger partial charge is 0.253 e. The van der Waals surface area contributed by atoms with Gasteiger partial charge < -0.3 is 0 Å². The van der Waals surface area contributed by atoms with E-state index in [4.69, 9.17) is 0 Å². The molecular formula is C21H36N2. The number of aromatic nitrogens is 2. The van der Waals surface area contributed by atoms with E-state index in [9.17, 15) is 0 Å². The fourth-order valence-corrected chi connectivity index (χ4v) is 1.88. The van der Waals surface area contributed by atoms with Crippen LogP contribution in [0.1, 0.15) is 79.3 Å². The first kappa shape index (κ1) is 23.6. The molecule has 0 aliphatic carbocycles. The third-order valence-corrected chi connectivity index (χ3v) is 2.87. The predicted molar refractivity (Wildman–Crippen MR) is 106 cm³/mol. The SMILES string of the molecule is C=CC.CC.CCC.CCC(CC)c1cnc2ccccc2n1. The molecule has 0 spiro atoms. The van der Waals surface area contributed by atoms with E-state index >= 15 is 0 Å². The van der Waals surface area contributed by atoms with E-state index in [1.54, 1.807) is 6.08 Å². The van der Waals surface area contributed by atoms with Gasteiger partial charge in [-0.3, -0.25) is 4.98 Å². The number of nitrogens with zero attached hydrogens (tertiary/aromatic N) is 2. The Bertz CT molecular complexity index is 502. The lowest BCUT2D eigenvalue weighted by atomic mass is 10.00. The lowest BCUT2D eigenvalue weighted by molar-refractivity contribution is 0.623. The highest BCUT2D eigenvalue weighted by Gasteiger charge is 2.09. The fraction of sp³-hybridized carbons (Fsp3) is 0.524. The van der Waals surface area contributed by atoms with Crippen LogP contribution in [-0.4, -0.2) is 9.97 Å². The van der Waals surface area contributed by atoms with Gasteiger partial charge in [-0.1, -0.05) is 66.2 Å². The second kappa shape index (κ2) is 16.7. The molecule has 2 aromatic rings. The number of fused-ring (bicyclic) bond motifs is 1. The van der Waals surface area contributed by atoms with Gasteiger partial charge in [0.1, 0.15) is 0 Å². The van der Waals surface area contributed by atoms with E-state index < -0.39 is 0 Å². The molecule has 0 atom stereocenters. The van der Waals surface area contributed by atoms with Gasteiger partial charge in [0.2, 0.25) is 0 Å². The van der Waals surface area contributed by atoms with Gasteiger partial charge in [0.05, 0.1) is 16.7 Å². The first-order valence-corrected chi connectivity index (χ1v) is 8.96. The third kappa shape index (κ3) is 9.83. The molecule has 2 rings (SSSR count). The lowest BCUT2D eigenvalue weighted by Crippen LogP contribution is -2.00. The number of allylic oxidation sites excluding steroid dienone is 1. The third-order valence-electron chi connectivity index (χ3n) is 2.87. The first-order valence-electron chi connectivity index (χ1n) is 8.96. The summed E-state index contributed by atoms with van der Waals surface area (Å²) in [6.45, 7) is 17.9. The summed E-state index contributed by atoms with van der Waals surface area (Å²) >= 11 is 0. The van der Waals surface area contributed by atoms with Crippen molar-refractivity contribution < 1.29 is 0 Å². The molecule has 2 heteroatoms. The number of hydrogen-bond donors (Lipinski definition) is 0. The normalized spacial score (nSPS) is 8.87. The molecule has 0 unspecified atom stereocenters. The minimum absolute atomic E-state index is 0.544. The number of benzene rings is 1. The van der Waals surface area contributed by atoms with Crippen molar-refractivity contribution in [3.8, 4) is 0 Å². The van der Waals surface area contributed by atoms with Crippen LogP contribution in [0.2, 0.25) is 0 Å². The topological polar surface area (TPSA) is 25.8 Å². The zero-order chi connectivity index (χ0) is 18.1. The predicted octanol–water partition coefficient (Wildman–Crippen LogP) is 7.17. The van der Waals surface area contributed by atoms with Gasteiger partial charge in [-0.05, 0) is 31.9 Å². The summed E-state index contributed by atoms with van der Waals surface area (Å²) in [5.41, 5.74) is 3.10. The number of hydrogen-bond acceptors (Lipinski definition) is 2. The Labute approximate surface area is 144 Å². The molecule has 1 aromatic heterocycles. The van der Waals surface area contributed by atoms with Crippen LogP contribution in [0.5, 0.6) is 0 Å². The summed E-state index contributed by atoms with van der Waals surface area (Å²) in [5.74, 6) is 0.544. The van der Waals surface area contributed by atoms with Crippen LogP contribution in [0.15, 0.2) is 43.1 Å². The van der Waals surface area contributed by atoms with Gasteiger partial charge in [-0.15, -0.1) is 6.58 Å². The molecular weight excluding hydrogens is 280 g/mol. The average Bonchev–Trinajstić information content (AvgIpc) is 2.59. The maximum Gasteiger partial charge on any atom is 0.0890 e. The second-order valence-electron chi connectivity index (χ2n) is 4.91. The average molecular weight is 317 g/mol. The lowest BCUT2D eigenvalue weighted by Gasteiger charge is -2.11. The molecule has 0 saturated carbocycles. The summed E-state index contributed by atoms with van der Waals surface area (Å²) in [4.78, 5) is 9.09. The van der Waals surface area contributed by atoms with Crippen molar-refractivity contribution in [2.75, 3.05) is 0 Å². The van der Waals surface area contributed by atoms with Gasteiger partial charge in [-0.2, -0.15) is 0 Å². The molecule has 0 N–H and O–H groups in total. The molecule has 0 aliphatic rings. The maximum absolute atomic E-state index is 4.65. The molecule has 130 valence electrons. The quantitative estimate of drug-likeness (QED) is 0.561. The summed E-state index contributed by atoms with van der Waals surface area (Å²) in [6.07, 6.45) is 7.17. The Balaban J connectivity index is 0. The molecule has 1 heterocycles. The smallest absolute Gasteiger partial charge is 0.0890 e. The molecule has 1 aromatic carbocycles. The van der Waals surface area contributed by atoms with Gasteiger partial charge in [0.15, 0.2) is 0 Å². The van der Waals surface area contributed by atoms with Crippen molar-refractivity contribution in [1.29, 1.82) is 0 Å². The number of rotatable bonds is 3. The zero-order valence-corrected chi connectivity index (χ0v) is 16.3. The summed E-state index contributed by atoms with van der Waals surface area (Å²) < 4.78 is 0. The number of para-hydroxylation sites is 2. The van der Waals surface area contributed by atoms with Crippen molar-refractivity contribution >= 4 is 11.0 Å². The van der Waals surface area contributed by atoms with Crippen LogP contribution in [0, 0.1) is 0 Å². The van der Waals surface area contributed by atoms with E-state index in [0.717, 1.165) is 29.6 Å². The summed E-state index contributed by atoms with van der Waals surface area (Å²) in [6, 6.07) is 8.02. The standard InChI is InChI=1S/C13H16N2.C3H8.C3H6.C2H6/c1-3-10(4-2)13-9-14-11-7-5-6-8-12(11)15-13;2*1-3-2;1-2/h5-10H,3-4H2,1-2H3;3H2,1-2H3;3H,1H2,2H3;1-2H3. The Kier molecular flexibility index (Phi) is 17.1. The highest BCUT2D eigenvalue weighted by molar-refractivity contribution is 5.73. The monoisotopic (exact) mass is 316 g/mol. The zero-order valence-electron chi connectivity index (χ0n) is 16.3. The van der Waals surface area contributed by atoms with Crippen LogP contribution >= 0.6 is 0 Å². The van der Waals surface area contributed by atoms with Crippen molar-refractivity contribution in [2.24, 2.45) is 0 Å². The first-order chi connectivity index (χ1) is 11.2. The van der Waals surface area contributed by atoms with Crippen LogP contribution < -0.4 is 0 Å². The highest BCUT2D eigenvalue weighted by atomic mass is 14.8. The van der Waals surface area contributed by atoms with Crippen molar-refractivity contribution in [1.82, 2.24) is 9.97 Å². The van der Waals surface area contributed by atoms with E-state index in [-0.39, 0.29) is 0 Å². The summed E-state index contributed by atoms with van der Waals surface area (Å²) in [7, 11) is 0. The van der Waals surface area contributed by atoms with Crippen molar-refractivity contribution in [3.63, 3.8) is 0 Å². The van der Waals surface area contributed by atoms with Crippen LogP contribution in [0.4, 0.5) is 0 Å². The molecule has 0 bridgehead atoms. The van der Waals surface area contributed by atoms with Gasteiger partial charge in [0, 0.05) is 12.1 Å². The Hall–Kier alpha value is -1.70. The van der Waals surface area contributed by atoms with E-state index in [1.165, 1.54) is 6.42 Å². The molecule has 0 aliphatic heterocycles. The van der Waals surface area contributed by atoms with Gasteiger partial charge in [-0.25, -0.2) is 4.98 Å². The molecule has 0 radical (unpaired) electrons. The summed E-state index contributed by atoms with van der Waals surface area (Å²) in [5, 5.41) is 0. The molecule has 0 fully saturated rings. The minimum atomic E-state index is 0.544. The van der Waals surface area contributed by atoms with E-state index in [2.05, 4.69) is 44.2 Å². The van der Waals surface area contributed by atoms with Crippen molar-refractivity contribution in [3.05, 3.63) is 48.8 Å².